The van der Waals surface area contributed by atoms with E-state index in [4.69, 9.17) is 11.6 Å². The number of aromatic nitrogens is 4. The first-order valence-electron chi connectivity index (χ1n) is 6.54. The zero-order chi connectivity index (χ0) is 15.5. The Morgan fingerprint density at radius 1 is 1.18 bits per heavy atom. The minimum absolute atomic E-state index is 0.241. The Bertz CT molecular complexity index is 816. The van der Waals surface area contributed by atoms with Crippen LogP contribution in [0.2, 0.25) is 5.15 Å². The molecule has 3 aromatic rings. The van der Waals surface area contributed by atoms with Crippen molar-refractivity contribution in [2.24, 2.45) is 0 Å². The van der Waals surface area contributed by atoms with Gasteiger partial charge in [0.1, 0.15) is 0 Å². The van der Waals surface area contributed by atoms with Crippen LogP contribution in [0.15, 0.2) is 48.9 Å². The zero-order valence-corrected chi connectivity index (χ0v) is 12.4. The highest BCUT2D eigenvalue weighted by Crippen LogP contribution is 2.19. The van der Waals surface area contributed by atoms with Crippen molar-refractivity contribution in [3.63, 3.8) is 0 Å². The van der Waals surface area contributed by atoms with Crippen LogP contribution in [0.4, 0.5) is 5.69 Å². The van der Waals surface area contributed by atoms with Gasteiger partial charge in [-0.2, -0.15) is 5.10 Å². The third-order valence-electron chi connectivity index (χ3n) is 3.13. The molecular weight excluding hydrogens is 302 g/mol. The van der Waals surface area contributed by atoms with Gasteiger partial charge in [0.05, 0.1) is 23.1 Å². The number of hydrogen-bond donors (Lipinski definition) is 1. The molecule has 0 radical (unpaired) electrons. The van der Waals surface area contributed by atoms with Gasteiger partial charge >= 0.3 is 0 Å². The molecule has 0 saturated carbocycles. The predicted molar refractivity (Wildman–Crippen MR) is 83.3 cm³/mol. The summed E-state index contributed by atoms with van der Waals surface area (Å²) in [7, 11) is 0. The molecule has 3 heterocycles. The number of amides is 1. The number of nitrogens with one attached hydrogen (secondary N) is 1. The summed E-state index contributed by atoms with van der Waals surface area (Å²) in [6.07, 6.45) is 4.73. The first-order chi connectivity index (χ1) is 10.7. The standard InChI is InChI=1S/C15H12ClN5O/c1-10-11(9-19-21(10)13-6-2-3-7-17-13)15(22)20-12-5-4-8-18-14(12)16/h2-9H,1H3,(H,20,22). The Hall–Kier alpha value is -2.73. The lowest BCUT2D eigenvalue weighted by molar-refractivity contribution is 0.102. The van der Waals surface area contributed by atoms with Crippen molar-refractivity contribution in [1.82, 2.24) is 19.7 Å². The number of carbonyl (C=O) groups excluding carboxylic acids is 1. The van der Waals surface area contributed by atoms with Gasteiger partial charge in [0, 0.05) is 12.4 Å². The molecule has 0 aliphatic rings. The van der Waals surface area contributed by atoms with Crippen LogP contribution in [-0.4, -0.2) is 25.7 Å². The average molecular weight is 314 g/mol. The Balaban J connectivity index is 1.89. The lowest BCUT2D eigenvalue weighted by Crippen LogP contribution is -2.13. The van der Waals surface area contributed by atoms with E-state index in [2.05, 4.69) is 20.4 Å². The highest BCUT2D eigenvalue weighted by atomic mass is 35.5. The summed E-state index contributed by atoms with van der Waals surface area (Å²) in [5, 5.41) is 7.18. The van der Waals surface area contributed by atoms with E-state index in [1.165, 1.54) is 6.20 Å². The van der Waals surface area contributed by atoms with Crippen molar-refractivity contribution in [2.75, 3.05) is 5.32 Å². The van der Waals surface area contributed by atoms with Gasteiger partial charge in [0.25, 0.3) is 5.91 Å². The summed E-state index contributed by atoms with van der Waals surface area (Å²) in [5.74, 6) is 0.355. The molecule has 0 bridgehead atoms. The van der Waals surface area contributed by atoms with Crippen LogP contribution in [-0.2, 0) is 0 Å². The van der Waals surface area contributed by atoms with Crippen molar-refractivity contribution >= 4 is 23.2 Å². The molecule has 0 fully saturated rings. The van der Waals surface area contributed by atoms with Crippen LogP contribution in [0.25, 0.3) is 5.82 Å². The van der Waals surface area contributed by atoms with E-state index in [1.807, 2.05) is 18.2 Å². The molecule has 0 unspecified atom stereocenters. The van der Waals surface area contributed by atoms with Crippen LogP contribution in [0, 0.1) is 6.92 Å². The smallest absolute Gasteiger partial charge is 0.259 e. The highest BCUT2D eigenvalue weighted by molar-refractivity contribution is 6.32. The van der Waals surface area contributed by atoms with Crippen LogP contribution >= 0.6 is 11.6 Å². The number of pyridine rings is 2. The second kappa shape index (κ2) is 5.95. The fourth-order valence-corrected chi connectivity index (χ4v) is 2.18. The molecule has 3 rings (SSSR count). The van der Waals surface area contributed by atoms with E-state index in [1.54, 1.807) is 36.1 Å². The fourth-order valence-electron chi connectivity index (χ4n) is 2.01. The molecule has 0 aliphatic heterocycles. The molecule has 3 aromatic heterocycles. The number of halogens is 1. The lowest BCUT2D eigenvalue weighted by atomic mass is 10.2. The lowest BCUT2D eigenvalue weighted by Gasteiger charge is -2.06. The van der Waals surface area contributed by atoms with E-state index in [0.717, 1.165) is 0 Å². The normalized spacial score (nSPS) is 10.5. The Morgan fingerprint density at radius 3 is 2.73 bits per heavy atom. The molecule has 0 aliphatic carbocycles. The van der Waals surface area contributed by atoms with E-state index >= 15 is 0 Å². The van der Waals surface area contributed by atoms with Gasteiger partial charge in [-0.25, -0.2) is 14.6 Å². The van der Waals surface area contributed by atoms with Crippen molar-refractivity contribution in [2.45, 2.75) is 6.92 Å². The van der Waals surface area contributed by atoms with Gasteiger partial charge in [0.15, 0.2) is 11.0 Å². The van der Waals surface area contributed by atoms with Crippen molar-refractivity contribution in [3.8, 4) is 5.82 Å². The van der Waals surface area contributed by atoms with Crippen LogP contribution in [0.1, 0.15) is 16.1 Å². The van der Waals surface area contributed by atoms with Gasteiger partial charge in [-0.15, -0.1) is 0 Å². The largest absolute Gasteiger partial charge is 0.319 e. The maximum absolute atomic E-state index is 12.4. The SMILES string of the molecule is Cc1c(C(=O)Nc2cccnc2Cl)cnn1-c1ccccn1. The highest BCUT2D eigenvalue weighted by Gasteiger charge is 2.16. The zero-order valence-electron chi connectivity index (χ0n) is 11.7. The number of hydrogen-bond acceptors (Lipinski definition) is 4. The third-order valence-corrected chi connectivity index (χ3v) is 3.43. The molecule has 0 saturated heterocycles. The minimum atomic E-state index is -0.297. The minimum Gasteiger partial charge on any atom is -0.319 e. The number of anilines is 1. The molecule has 1 N–H and O–H groups in total. The first kappa shape index (κ1) is 14.2. The Morgan fingerprint density at radius 2 is 2.00 bits per heavy atom. The predicted octanol–water partition coefficient (Wildman–Crippen LogP) is 2.88. The van der Waals surface area contributed by atoms with Gasteiger partial charge in [0.2, 0.25) is 0 Å². The van der Waals surface area contributed by atoms with Gasteiger partial charge in [-0.05, 0) is 31.2 Å². The molecule has 110 valence electrons. The van der Waals surface area contributed by atoms with Crippen molar-refractivity contribution < 1.29 is 4.79 Å². The summed E-state index contributed by atoms with van der Waals surface area (Å²) < 4.78 is 1.61. The molecule has 22 heavy (non-hydrogen) atoms. The van der Waals surface area contributed by atoms with E-state index in [9.17, 15) is 4.79 Å². The second-order valence-corrected chi connectivity index (χ2v) is 4.90. The maximum atomic E-state index is 12.4. The van der Waals surface area contributed by atoms with E-state index in [0.29, 0.717) is 22.8 Å². The molecular formula is C15H12ClN5O. The topological polar surface area (TPSA) is 72.7 Å². The number of rotatable bonds is 3. The summed E-state index contributed by atoms with van der Waals surface area (Å²) in [6.45, 7) is 1.81. The first-order valence-corrected chi connectivity index (χ1v) is 6.92. The third kappa shape index (κ3) is 2.68. The molecule has 1 amide bonds. The molecule has 0 atom stereocenters. The number of nitrogens with zero attached hydrogens (tertiary/aromatic N) is 4. The van der Waals surface area contributed by atoms with Crippen LogP contribution < -0.4 is 5.32 Å². The van der Waals surface area contributed by atoms with E-state index in [-0.39, 0.29) is 11.1 Å². The second-order valence-electron chi connectivity index (χ2n) is 4.54. The van der Waals surface area contributed by atoms with Gasteiger partial charge < -0.3 is 5.32 Å². The van der Waals surface area contributed by atoms with Crippen LogP contribution in [0.5, 0.6) is 0 Å². The summed E-state index contributed by atoms with van der Waals surface area (Å²) in [5.41, 5.74) is 1.60. The molecule has 0 aromatic carbocycles. The van der Waals surface area contributed by atoms with Crippen LogP contribution in [0.3, 0.4) is 0 Å². The molecule has 7 heteroatoms. The van der Waals surface area contributed by atoms with Gasteiger partial charge in [-0.3, -0.25) is 4.79 Å². The van der Waals surface area contributed by atoms with Gasteiger partial charge in [-0.1, -0.05) is 17.7 Å². The maximum Gasteiger partial charge on any atom is 0.259 e. The average Bonchev–Trinajstić information content (AvgIpc) is 2.92. The summed E-state index contributed by atoms with van der Waals surface area (Å²) >= 11 is 5.94. The monoisotopic (exact) mass is 313 g/mol. The van der Waals surface area contributed by atoms with E-state index < -0.39 is 0 Å². The fraction of sp³-hybridized carbons (Fsp3) is 0.0667. The summed E-state index contributed by atoms with van der Waals surface area (Å²) in [4.78, 5) is 20.5. The quantitative estimate of drug-likeness (QED) is 0.755. The van der Waals surface area contributed by atoms with Crippen molar-refractivity contribution in [1.29, 1.82) is 0 Å². The molecule has 6 nitrogen and oxygen atoms in total. The van der Waals surface area contributed by atoms with Crippen molar-refractivity contribution in [3.05, 3.63) is 65.3 Å². The Kier molecular flexibility index (Phi) is 3.84. The number of carbonyl (C=O) groups is 1. The summed E-state index contributed by atoms with van der Waals surface area (Å²) in [6, 6.07) is 8.88. The molecule has 0 spiro atoms. The Labute approximate surface area is 131 Å².